The molecule has 3 aromatic rings. The summed E-state index contributed by atoms with van der Waals surface area (Å²) in [6.45, 7) is 0.0356. The molecule has 0 aliphatic heterocycles. The average molecular weight is 409 g/mol. The second-order valence-corrected chi connectivity index (χ2v) is 8.01. The maximum Gasteiger partial charge on any atom is 0.270 e. The Morgan fingerprint density at radius 3 is 2.70 bits per heavy atom. The summed E-state index contributed by atoms with van der Waals surface area (Å²) in [4.78, 5) is 14.2. The van der Waals surface area contributed by atoms with Crippen LogP contribution in [-0.2, 0) is 16.4 Å². The third-order valence-corrected chi connectivity index (χ3v) is 4.93. The Kier molecular flexibility index (Phi) is 5.10. The summed E-state index contributed by atoms with van der Waals surface area (Å²) in [5.41, 5.74) is 0.553. The van der Waals surface area contributed by atoms with E-state index in [4.69, 9.17) is 16.1 Å². The van der Waals surface area contributed by atoms with Gasteiger partial charge in [0.05, 0.1) is 22.1 Å². The zero-order valence-corrected chi connectivity index (χ0v) is 15.5. The van der Waals surface area contributed by atoms with Gasteiger partial charge in [-0.2, -0.15) is 4.98 Å². The highest BCUT2D eigenvalue weighted by atomic mass is 35.5. The predicted molar refractivity (Wildman–Crippen MR) is 98.3 cm³/mol. The number of anilines is 1. The van der Waals surface area contributed by atoms with Crippen molar-refractivity contribution >= 4 is 32.8 Å². The third kappa shape index (κ3) is 4.41. The molecule has 27 heavy (non-hydrogen) atoms. The minimum absolute atomic E-state index is 0.0356. The molecule has 0 saturated carbocycles. The lowest BCUT2D eigenvalue weighted by Gasteiger charge is -2.09. The molecule has 2 aromatic carbocycles. The minimum Gasteiger partial charge on any atom is -0.375 e. The molecule has 0 radical (unpaired) electrons. The van der Waals surface area contributed by atoms with Crippen molar-refractivity contribution in [1.29, 1.82) is 0 Å². The molecule has 0 bridgehead atoms. The van der Waals surface area contributed by atoms with Crippen LogP contribution in [0.25, 0.3) is 11.4 Å². The van der Waals surface area contributed by atoms with E-state index < -0.39 is 14.8 Å². The zero-order valence-electron chi connectivity index (χ0n) is 13.9. The first-order valence-corrected chi connectivity index (χ1v) is 9.82. The molecule has 11 heteroatoms. The second-order valence-electron chi connectivity index (χ2n) is 5.59. The van der Waals surface area contributed by atoms with Crippen LogP contribution in [0.15, 0.2) is 51.9 Å². The van der Waals surface area contributed by atoms with Gasteiger partial charge in [0.15, 0.2) is 9.84 Å². The fourth-order valence-corrected chi connectivity index (χ4v) is 3.38. The highest BCUT2D eigenvalue weighted by Gasteiger charge is 2.19. The molecule has 1 aromatic heterocycles. The van der Waals surface area contributed by atoms with E-state index in [9.17, 15) is 18.5 Å². The summed E-state index contributed by atoms with van der Waals surface area (Å²) in [5.74, 6) is 0.545. The van der Waals surface area contributed by atoms with Gasteiger partial charge in [0.2, 0.25) is 11.7 Å². The molecular weight excluding hydrogens is 396 g/mol. The van der Waals surface area contributed by atoms with Gasteiger partial charge in [-0.1, -0.05) is 28.9 Å². The Balaban J connectivity index is 1.82. The molecule has 0 aliphatic rings. The van der Waals surface area contributed by atoms with Crippen molar-refractivity contribution in [2.45, 2.75) is 11.4 Å². The largest absolute Gasteiger partial charge is 0.375 e. The number of hydrogen-bond donors (Lipinski definition) is 1. The van der Waals surface area contributed by atoms with Crippen molar-refractivity contribution in [2.75, 3.05) is 11.6 Å². The van der Waals surface area contributed by atoms with Crippen molar-refractivity contribution in [3.63, 3.8) is 0 Å². The predicted octanol–water partition coefficient (Wildman–Crippen LogP) is 3.31. The fraction of sp³-hybridized carbons (Fsp3) is 0.125. The van der Waals surface area contributed by atoms with Crippen LogP contribution in [0.2, 0.25) is 5.02 Å². The minimum atomic E-state index is -3.68. The van der Waals surface area contributed by atoms with Gasteiger partial charge in [-0.05, 0) is 18.2 Å². The Hall–Kier alpha value is -2.98. The molecule has 3 rings (SSSR count). The summed E-state index contributed by atoms with van der Waals surface area (Å²) in [6, 6.07) is 10.5. The molecular formula is C16H13ClN4O5S. The highest BCUT2D eigenvalue weighted by molar-refractivity contribution is 7.90. The maximum atomic E-state index is 11.9. The van der Waals surface area contributed by atoms with Crippen LogP contribution < -0.4 is 5.32 Å². The van der Waals surface area contributed by atoms with E-state index in [1.807, 2.05) is 0 Å². The second kappa shape index (κ2) is 7.33. The number of hydrogen-bond acceptors (Lipinski definition) is 8. The molecule has 0 aliphatic carbocycles. The summed E-state index contributed by atoms with van der Waals surface area (Å²) in [5, 5.41) is 18.1. The molecule has 140 valence electrons. The molecule has 0 fully saturated rings. The van der Waals surface area contributed by atoms with Crippen LogP contribution >= 0.6 is 11.6 Å². The monoisotopic (exact) mass is 408 g/mol. The molecule has 0 spiro atoms. The molecule has 1 heterocycles. The highest BCUT2D eigenvalue weighted by Crippen LogP contribution is 2.27. The Morgan fingerprint density at radius 1 is 1.26 bits per heavy atom. The lowest BCUT2D eigenvalue weighted by molar-refractivity contribution is -0.385. The molecule has 0 unspecified atom stereocenters. The fourth-order valence-electron chi connectivity index (χ4n) is 2.32. The van der Waals surface area contributed by atoms with E-state index in [-0.39, 0.29) is 28.7 Å². The average Bonchev–Trinajstić information content (AvgIpc) is 3.08. The molecule has 0 atom stereocenters. The maximum absolute atomic E-state index is 11.9. The number of nitro groups is 1. The number of nitrogens with zero attached hydrogens (tertiary/aromatic N) is 3. The third-order valence-electron chi connectivity index (χ3n) is 3.56. The topological polar surface area (TPSA) is 128 Å². The SMILES string of the molecule is CS(=O)(=O)c1cc([N+](=O)[O-])ccc1NCc1nc(-c2cccc(Cl)c2)no1. The van der Waals surface area contributed by atoms with E-state index in [0.29, 0.717) is 16.4 Å². The lowest BCUT2D eigenvalue weighted by atomic mass is 10.2. The van der Waals surface area contributed by atoms with Crippen molar-refractivity contribution in [3.05, 3.63) is 63.5 Å². The van der Waals surface area contributed by atoms with E-state index in [2.05, 4.69) is 15.5 Å². The summed E-state index contributed by atoms with van der Waals surface area (Å²) in [6.07, 6.45) is 0.973. The smallest absolute Gasteiger partial charge is 0.270 e. The number of non-ortho nitro benzene ring substituents is 1. The Bertz CT molecular complexity index is 1110. The van der Waals surface area contributed by atoms with Gasteiger partial charge in [0.25, 0.3) is 5.69 Å². The number of aromatic nitrogens is 2. The Morgan fingerprint density at radius 2 is 2.04 bits per heavy atom. The zero-order chi connectivity index (χ0) is 19.6. The number of rotatable bonds is 6. The van der Waals surface area contributed by atoms with Crippen LogP contribution in [-0.4, -0.2) is 29.7 Å². The number of sulfone groups is 1. The van der Waals surface area contributed by atoms with Gasteiger partial charge < -0.3 is 9.84 Å². The standard InChI is InChI=1S/C16H13ClN4O5S/c1-27(24,25)14-8-12(21(22)23)5-6-13(14)18-9-15-19-16(20-26-15)10-3-2-4-11(17)7-10/h2-8,18H,9H2,1H3. The number of benzene rings is 2. The number of nitrogens with one attached hydrogen (secondary N) is 1. The van der Waals surface area contributed by atoms with E-state index >= 15 is 0 Å². The summed E-state index contributed by atoms with van der Waals surface area (Å²) in [7, 11) is -3.68. The molecule has 0 amide bonds. The van der Waals surface area contributed by atoms with Crippen molar-refractivity contribution in [3.8, 4) is 11.4 Å². The van der Waals surface area contributed by atoms with E-state index in [1.165, 1.54) is 12.1 Å². The lowest BCUT2D eigenvalue weighted by Crippen LogP contribution is -2.07. The van der Waals surface area contributed by atoms with Crippen LogP contribution in [0.1, 0.15) is 5.89 Å². The molecule has 9 nitrogen and oxygen atoms in total. The van der Waals surface area contributed by atoms with Crippen LogP contribution in [0.5, 0.6) is 0 Å². The first-order valence-electron chi connectivity index (χ1n) is 7.55. The van der Waals surface area contributed by atoms with Gasteiger partial charge in [-0.15, -0.1) is 0 Å². The summed E-state index contributed by atoms with van der Waals surface area (Å²) < 4.78 is 29.0. The van der Waals surface area contributed by atoms with Crippen molar-refractivity contribution in [1.82, 2.24) is 10.1 Å². The number of halogens is 1. The van der Waals surface area contributed by atoms with Crippen LogP contribution in [0.4, 0.5) is 11.4 Å². The summed E-state index contributed by atoms with van der Waals surface area (Å²) >= 11 is 5.93. The van der Waals surface area contributed by atoms with Gasteiger partial charge >= 0.3 is 0 Å². The van der Waals surface area contributed by atoms with Crippen molar-refractivity contribution < 1.29 is 17.9 Å². The van der Waals surface area contributed by atoms with E-state index in [1.54, 1.807) is 24.3 Å². The quantitative estimate of drug-likeness (QED) is 0.485. The molecule has 1 N–H and O–H groups in total. The Labute approximate surface area is 159 Å². The van der Waals surface area contributed by atoms with Crippen LogP contribution in [0.3, 0.4) is 0 Å². The molecule has 0 saturated heterocycles. The normalized spacial score (nSPS) is 11.3. The first-order chi connectivity index (χ1) is 12.7. The van der Waals surface area contributed by atoms with Gasteiger partial charge in [0.1, 0.15) is 0 Å². The van der Waals surface area contributed by atoms with Crippen molar-refractivity contribution in [2.24, 2.45) is 0 Å². The van der Waals surface area contributed by atoms with Gasteiger partial charge in [-0.25, -0.2) is 8.42 Å². The van der Waals surface area contributed by atoms with E-state index in [0.717, 1.165) is 12.3 Å². The first kappa shape index (κ1) is 18.8. The van der Waals surface area contributed by atoms with Gasteiger partial charge in [0, 0.05) is 29.0 Å². The number of nitro benzene ring substituents is 1. The van der Waals surface area contributed by atoms with Gasteiger partial charge in [-0.3, -0.25) is 10.1 Å². The van der Waals surface area contributed by atoms with Crippen LogP contribution in [0, 0.1) is 10.1 Å².